The van der Waals surface area contributed by atoms with Crippen LogP contribution in [0.2, 0.25) is 0 Å². The van der Waals surface area contributed by atoms with E-state index in [-0.39, 0.29) is 44.0 Å². The van der Waals surface area contributed by atoms with Gasteiger partial charge in [-0.1, -0.05) is 244 Å². The number of unbranched alkanes of at least 4 members (excludes halogenated alkanes) is 17. The summed E-state index contributed by atoms with van der Waals surface area (Å²) in [6.45, 7) is 6.26. The maximum Gasteiger partial charge on any atom is 0.306 e. The molecule has 0 saturated carbocycles. The highest BCUT2D eigenvalue weighted by Gasteiger charge is 2.19. The van der Waals surface area contributed by atoms with Crippen LogP contribution < -0.4 is 0 Å². The van der Waals surface area contributed by atoms with Crippen molar-refractivity contribution in [3.63, 3.8) is 0 Å². The first-order valence-corrected chi connectivity index (χ1v) is 27.4. The van der Waals surface area contributed by atoms with Crippen LogP contribution in [0, 0.1) is 0 Å². The van der Waals surface area contributed by atoms with Crippen LogP contribution in [0.4, 0.5) is 0 Å². The lowest BCUT2D eigenvalue weighted by Gasteiger charge is -2.18. The van der Waals surface area contributed by atoms with Gasteiger partial charge in [-0.15, -0.1) is 0 Å². The Morgan fingerprint density at radius 1 is 0.319 bits per heavy atom. The number of hydrogen-bond acceptors (Lipinski definition) is 6. The highest BCUT2D eigenvalue weighted by atomic mass is 16.6. The maximum atomic E-state index is 12.8. The first-order chi connectivity index (χ1) is 34.0. The van der Waals surface area contributed by atoms with E-state index in [1.54, 1.807) is 0 Å². The number of carbonyl (C=O) groups excluding carboxylic acids is 3. The maximum absolute atomic E-state index is 12.8. The van der Waals surface area contributed by atoms with E-state index >= 15 is 0 Å². The molecule has 0 spiro atoms. The standard InChI is InChI=1S/C63H98O6/c1-4-7-10-13-16-19-22-25-28-31-33-35-38-41-44-47-50-53-56-62(65)68-59-60(58-67-61(64)55-52-49-46-43-40-37-34-30-27-24-21-18-15-12-9-6-3)69-63(66)57-54-51-48-45-42-39-36-32-29-26-23-20-17-14-11-8-5-2/h8-9,11-12,14,17-18,20-21,23,26-27,29-30,32-33,35-37,39-40,42,46,49,60H,4-7,10,13,15-16,19,22,24-25,28,31,34,38,41,43-45,47-48,50-59H2,1-3H3/b11-8-,12-9-,17-14-,21-18-,23-20-,29-26-,30-27-,35-33-,36-32+,40-37-,42-39-,49-46-. The molecule has 1 atom stereocenters. The van der Waals surface area contributed by atoms with Crippen molar-refractivity contribution in [2.45, 2.75) is 219 Å². The van der Waals surface area contributed by atoms with Crippen molar-refractivity contribution >= 4 is 17.9 Å². The zero-order valence-corrected chi connectivity index (χ0v) is 44.0. The fourth-order valence-corrected chi connectivity index (χ4v) is 6.93. The molecule has 0 aliphatic heterocycles. The normalized spacial score (nSPS) is 13.3. The average molecular weight is 951 g/mol. The number of ether oxygens (including phenoxy) is 3. The third-order valence-electron chi connectivity index (χ3n) is 11.0. The molecule has 6 heteroatoms. The highest BCUT2D eigenvalue weighted by molar-refractivity contribution is 5.71. The molecule has 0 N–H and O–H groups in total. The molecule has 0 aliphatic carbocycles. The van der Waals surface area contributed by atoms with Gasteiger partial charge in [0, 0.05) is 19.3 Å². The molecule has 0 radical (unpaired) electrons. The summed E-state index contributed by atoms with van der Waals surface area (Å²) in [6.07, 6.45) is 79.9. The minimum absolute atomic E-state index is 0.129. The molecule has 1 unspecified atom stereocenters. The predicted molar refractivity (Wildman–Crippen MR) is 297 cm³/mol. The van der Waals surface area contributed by atoms with Gasteiger partial charge in [0.2, 0.25) is 0 Å². The molecule has 0 heterocycles. The van der Waals surface area contributed by atoms with E-state index in [1.807, 2.05) is 72.9 Å². The molecule has 386 valence electrons. The lowest BCUT2D eigenvalue weighted by Crippen LogP contribution is -2.30. The van der Waals surface area contributed by atoms with Crippen LogP contribution in [0.1, 0.15) is 213 Å². The molecule has 0 amide bonds. The van der Waals surface area contributed by atoms with Crippen molar-refractivity contribution in [1.29, 1.82) is 0 Å². The summed E-state index contributed by atoms with van der Waals surface area (Å²) >= 11 is 0. The number of esters is 3. The van der Waals surface area contributed by atoms with Gasteiger partial charge in [0.15, 0.2) is 6.10 Å². The van der Waals surface area contributed by atoms with Crippen molar-refractivity contribution in [3.8, 4) is 0 Å². The summed E-state index contributed by atoms with van der Waals surface area (Å²) in [4.78, 5) is 38.1. The highest BCUT2D eigenvalue weighted by Crippen LogP contribution is 2.13. The molecule has 0 saturated heterocycles. The van der Waals surface area contributed by atoms with Gasteiger partial charge in [0.05, 0.1) is 0 Å². The van der Waals surface area contributed by atoms with Gasteiger partial charge < -0.3 is 14.2 Å². The van der Waals surface area contributed by atoms with Gasteiger partial charge in [-0.05, 0) is 96.3 Å². The Balaban J connectivity index is 4.61. The molecule has 0 bridgehead atoms. The summed E-state index contributed by atoms with van der Waals surface area (Å²) in [7, 11) is 0. The summed E-state index contributed by atoms with van der Waals surface area (Å²) in [5, 5.41) is 0. The van der Waals surface area contributed by atoms with Crippen LogP contribution >= 0.6 is 0 Å². The SMILES string of the molecule is CC\C=C/C=C\C=C/C=C\C=C\C=C/CCCCCC(=O)OC(COC(=O)CC/C=C\C/C=C\C/C=C\C/C=C\C/C=C\CC)COC(=O)CCCCCCC/C=C\CCCCCCCCCCC. The number of hydrogen-bond donors (Lipinski definition) is 0. The molecule has 0 fully saturated rings. The van der Waals surface area contributed by atoms with Gasteiger partial charge in [-0.3, -0.25) is 14.4 Å². The monoisotopic (exact) mass is 951 g/mol. The number of carbonyl (C=O) groups is 3. The minimum atomic E-state index is -0.842. The van der Waals surface area contributed by atoms with Crippen LogP contribution in [-0.4, -0.2) is 37.2 Å². The van der Waals surface area contributed by atoms with Gasteiger partial charge in [0.25, 0.3) is 0 Å². The van der Waals surface area contributed by atoms with Crippen molar-refractivity contribution in [1.82, 2.24) is 0 Å². The molecular formula is C63H98O6. The zero-order chi connectivity index (χ0) is 50.0. The average Bonchev–Trinajstić information content (AvgIpc) is 3.35. The van der Waals surface area contributed by atoms with Crippen LogP contribution in [0.25, 0.3) is 0 Å². The van der Waals surface area contributed by atoms with Crippen molar-refractivity contribution < 1.29 is 28.6 Å². The van der Waals surface area contributed by atoms with Crippen molar-refractivity contribution in [2.24, 2.45) is 0 Å². The first kappa shape index (κ1) is 64.3. The first-order valence-electron chi connectivity index (χ1n) is 27.4. The second-order valence-electron chi connectivity index (χ2n) is 17.5. The third kappa shape index (κ3) is 54.1. The van der Waals surface area contributed by atoms with Crippen LogP contribution in [-0.2, 0) is 28.6 Å². The lowest BCUT2D eigenvalue weighted by atomic mass is 10.1. The van der Waals surface area contributed by atoms with Gasteiger partial charge >= 0.3 is 17.9 Å². The molecule has 0 aromatic carbocycles. The molecular weight excluding hydrogens is 853 g/mol. The quantitative estimate of drug-likeness (QED) is 0.0199. The van der Waals surface area contributed by atoms with E-state index in [4.69, 9.17) is 14.2 Å². The second-order valence-corrected chi connectivity index (χ2v) is 17.5. The Morgan fingerprint density at radius 2 is 0.667 bits per heavy atom. The van der Waals surface area contributed by atoms with Crippen LogP contribution in [0.5, 0.6) is 0 Å². The van der Waals surface area contributed by atoms with E-state index < -0.39 is 6.10 Å². The second kappa shape index (κ2) is 55.9. The zero-order valence-electron chi connectivity index (χ0n) is 44.0. The Kier molecular flexibility index (Phi) is 52.1. The Morgan fingerprint density at radius 3 is 1.16 bits per heavy atom. The Bertz CT molecular complexity index is 1560. The van der Waals surface area contributed by atoms with Crippen molar-refractivity contribution in [3.05, 3.63) is 146 Å². The summed E-state index contributed by atoms with van der Waals surface area (Å²) in [5.41, 5.74) is 0. The van der Waals surface area contributed by atoms with E-state index in [0.717, 1.165) is 89.9 Å². The molecule has 6 nitrogen and oxygen atoms in total. The molecule has 0 aliphatic rings. The topological polar surface area (TPSA) is 78.9 Å². The van der Waals surface area contributed by atoms with Crippen molar-refractivity contribution in [2.75, 3.05) is 13.2 Å². The Labute approximate surface area is 423 Å². The largest absolute Gasteiger partial charge is 0.462 e. The lowest BCUT2D eigenvalue weighted by molar-refractivity contribution is -0.166. The molecule has 0 rings (SSSR count). The molecule has 69 heavy (non-hydrogen) atoms. The van der Waals surface area contributed by atoms with Crippen LogP contribution in [0.15, 0.2) is 146 Å². The number of rotatable bonds is 47. The smallest absolute Gasteiger partial charge is 0.306 e. The third-order valence-corrected chi connectivity index (χ3v) is 11.0. The fraction of sp³-hybridized carbons (Fsp3) is 0.571. The predicted octanol–water partition coefficient (Wildman–Crippen LogP) is 18.4. The molecule has 0 aromatic heterocycles. The van der Waals surface area contributed by atoms with Gasteiger partial charge in [0.1, 0.15) is 13.2 Å². The summed E-state index contributed by atoms with van der Waals surface area (Å²) in [5.74, 6) is -1.08. The summed E-state index contributed by atoms with van der Waals surface area (Å²) < 4.78 is 16.7. The summed E-state index contributed by atoms with van der Waals surface area (Å²) in [6, 6.07) is 0. The Hall–Kier alpha value is -4.71. The van der Waals surface area contributed by atoms with E-state index in [0.29, 0.717) is 19.3 Å². The minimum Gasteiger partial charge on any atom is -0.462 e. The van der Waals surface area contributed by atoms with Gasteiger partial charge in [-0.25, -0.2) is 0 Å². The number of allylic oxidation sites excluding steroid dienone is 24. The van der Waals surface area contributed by atoms with E-state index in [9.17, 15) is 14.4 Å². The van der Waals surface area contributed by atoms with E-state index in [1.165, 1.54) is 70.6 Å². The van der Waals surface area contributed by atoms with Crippen LogP contribution in [0.3, 0.4) is 0 Å². The van der Waals surface area contributed by atoms with E-state index in [2.05, 4.69) is 93.7 Å². The molecule has 0 aromatic rings. The van der Waals surface area contributed by atoms with Gasteiger partial charge in [-0.2, -0.15) is 0 Å². The fourth-order valence-electron chi connectivity index (χ4n) is 6.93.